The molecule has 0 aromatic heterocycles. The van der Waals surface area contributed by atoms with Crippen molar-refractivity contribution in [1.29, 1.82) is 0 Å². The van der Waals surface area contributed by atoms with Crippen LogP contribution in [-0.4, -0.2) is 30.9 Å². The van der Waals surface area contributed by atoms with Gasteiger partial charge in [-0.05, 0) is 30.7 Å². The van der Waals surface area contributed by atoms with Crippen LogP contribution in [0.3, 0.4) is 0 Å². The summed E-state index contributed by atoms with van der Waals surface area (Å²) in [6, 6.07) is 10.1. The van der Waals surface area contributed by atoms with E-state index in [9.17, 15) is 5.11 Å². The van der Waals surface area contributed by atoms with Gasteiger partial charge in [-0.3, -0.25) is 0 Å². The number of aliphatic hydroxyl groups excluding tert-OH is 1. The maximum absolute atomic E-state index is 9.95. The van der Waals surface area contributed by atoms with Gasteiger partial charge >= 0.3 is 0 Å². The molecule has 1 fully saturated rings. The third-order valence-electron chi connectivity index (χ3n) is 4.30. The van der Waals surface area contributed by atoms with Gasteiger partial charge in [0.05, 0.1) is 18.8 Å². The van der Waals surface area contributed by atoms with Crippen LogP contribution in [0.5, 0.6) is 0 Å². The van der Waals surface area contributed by atoms with E-state index in [1.807, 2.05) is 37.3 Å². The summed E-state index contributed by atoms with van der Waals surface area (Å²) in [5.74, 6) is 0. The molecule has 0 saturated heterocycles. The second-order valence-electron chi connectivity index (χ2n) is 6.34. The van der Waals surface area contributed by atoms with E-state index in [0.717, 1.165) is 12.1 Å². The molecule has 0 bridgehead atoms. The standard InChI is InChI=1S/C17H27NO2/c1-14(15-7-4-3-5-8-15)20-12-16(19)11-18-13-17(2)9-6-10-17/h3-5,7-8,14,16,18-19H,6,9-13H2,1-2H3. The molecule has 112 valence electrons. The van der Waals surface area contributed by atoms with Gasteiger partial charge in [-0.15, -0.1) is 0 Å². The molecule has 0 heterocycles. The first-order valence-electron chi connectivity index (χ1n) is 7.64. The highest BCUT2D eigenvalue weighted by Gasteiger charge is 2.31. The van der Waals surface area contributed by atoms with Crippen molar-refractivity contribution in [2.45, 2.75) is 45.3 Å². The molecule has 3 heteroatoms. The van der Waals surface area contributed by atoms with E-state index in [1.165, 1.54) is 19.3 Å². The summed E-state index contributed by atoms with van der Waals surface area (Å²) in [4.78, 5) is 0. The summed E-state index contributed by atoms with van der Waals surface area (Å²) >= 11 is 0. The van der Waals surface area contributed by atoms with Crippen LogP contribution in [0.2, 0.25) is 0 Å². The average Bonchev–Trinajstić information content (AvgIpc) is 2.44. The van der Waals surface area contributed by atoms with Crippen molar-refractivity contribution in [3.63, 3.8) is 0 Å². The van der Waals surface area contributed by atoms with Gasteiger partial charge in [-0.2, -0.15) is 0 Å². The van der Waals surface area contributed by atoms with Crippen LogP contribution >= 0.6 is 0 Å². The number of benzene rings is 1. The normalized spacial score (nSPS) is 20.1. The monoisotopic (exact) mass is 277 g/mol. The average molecular weight is 277 g/mol. The molecule has 0 radical (unpaired) electrons. The van der Waals surface area contributed by atoms with Crippen LogP contribution in [0.15, 0.2) is 30.3 Å². The Hall–Kier alpha value is -0.900. The van der Waals surface area contributed by atoms with Crippen LogP contribution in [0.1, 0.15) is 44.8 Å². The summed E-state index contributed by atoms with van der Waals surface area (Å²) in [7, 11) is 0. The van der Waals surface area contributed by atoms with E-state index in [0.29, 0.717) is 18.6 Å². The molecule has 1 aromatic rings. The topological polar surface area (TPSA) is 41.5 Å². The zero-order valence-electron chi connectivity index (χ0n) is 12.6. The highest BCUT2D eigenvalue weighted by molar-refractivity contribution is 5.16. The molecule has 1 saturated carbocycles. The maximum Gasteiger partial charge on any atom is 0.0897 e. The lowest BCUT2D eigenvalue weighted by atomic mass is 9.70. The van der Waals surface area contributed by atoms with E-state index in [2.05, 4.69) is 12.2 Å². The van der Waals surface area contributed by atoms with Gasteiger partial charge < -0.3 is 15.2 Å². The molecule has 1 aliphatic rings. The highest BCUT2D eigenvalue weighted by atomic mass is 16.5. The summed E-state index contributed by atoms with van der Waals surface area (Å²) in [5, 5.41) is 13.3. The summed E-state index contributed by atoms with van der Waals surface area (Å²) in [5.41, 5.74) is 1.60. The van der Waals surface area contributed by atoms with E-state index in [4.69, 9.17) is 4.74 Å². The van der Waals surface area contributed by atoms with Gasteiger partial charge in [-0.25, -0.2) is 0 Å². The van der Waals surface area contributed by atoms with E-state index >= 15 is 0 Å². The van der Waals surface area contributed by atoms with Crippen LogP contribution in [0.4, 0.5) is 0 Å². The fourth-order valence-electron chi connectivity index (χ4n) is 2.63. The Kier molecular flexibility index (Phi) is 5.58. The predicted octanol–water partition coefficient (Wildman–Crippen LogP) is 2.90. The number of hydrogen-bond acceptors (Lipinski definition) is 3. The molecule has 20 heavy (non-hydrogen) atoms. The Labute approximate surface area is 122 Å². The first-order valence-corrected chi connectivity index (χ1v) is 7.64. The van der Waals surface area contributed by atoms with Crippen molar-refractivity contribution in [3.05, 3.63) is 35.9 Å². The smallest absolute Gasteiger partial charge is 0.0897 e. The minimum Gasteiger partial charge on any atom is -0.389 e. The molecule has 2 unspecified atom stereocenters. The molecule has 0 aliphatic heterocycles. The third kappa shape index (κ3) is 4.58. The van der Waals surface area contributed by atoms with E-state index in [1.54, 1.807) is 0 Å². The molecule has 0 spiro atoms. The highest BCUT2D eigenvalue weighted by Crippen LogP contribution is 2.39. The summed E-state index contributed by atoms with van der Waals surface area (Å²) in [6.45, 7) is 6.31. The molecule has 1 aromatic carbocycles. The Morgan fingerprint density at radius 3 is 2.60 bits per heavy atom. The third-order valence-corrected chi connectivity index (χ3v) is 4.30. The Morgan fingerprint density at radius 2 is 2.00 bits per heavy atom. The number of aliphatic hydroxyl groups is 1. The van der Waals surface area contributed by atoms with Crippen molar-refractivity contribution >= 4 is 0 Å². The second-order valence-corrected chi connectivity index (χ2v) is 6.34. The van der Waals surface area contributed by atoms with Crippen molar-refractivity contribution in [2.24, 2.45) is 5.41 Å². The zero-order chi connectivity index (χ0) is 14.4. The Morgan fingerprint density at radius 1 is 1.30 bits per heavy atom. The number of ether oxygens (including phenoxy) is 1. The molecule has 2 N–H and O–H groups in total. The molecule has 2 rings (SSSR count). The fourth-order valence-corrected chi connectivity index (χ4v) is 2.63. The Balaban J connectivity index is 1.61. The zero-order valence-corrected chi connectivity index (χ0v) is 12.6. The van der Waals surface area contributed by atoms with Gasteiger partial charge in [-0.1, -0.05) is 43.7 Å². The molecule has 2 atom stereocenters. The first-order chi connectivity index (χ1) is 9.59. The second kappa shape index (κ2) is 7.21. The van der Waals surface area contributed by atoms with E-state index < -0.39 is 6.10 Å². The minimum atomic E-state index is -0.440. The lowest BCUT2D eigenvalue weighted by Gasteiger charge is -2.38. The van der Waals surface area contributed by atoms with Crippen molar-refractivity contribution < 1.29 is 9.84 Å². The SMILES string of the molecule is CC(OCC(O)CNCC1(C)CCC1)c1ccccc1. The van der Waals surface area contributed by atoms with E-state index in [-0.39, 0.29) is 6.10 Å². The minimum absolute atomic E-state index is 0.0231. The fraction of sp³-hybridized carbons (Fsp3) is 0.647. The van der Waals surface area contributed by atoms with Gasteiger partial charge in [0.15, 0.2) is 0 Å². The first kappa shape index (κ1) is 15.5. The van der Waals surface area contributed by atoms with Crippen LogP contribution in [0.25, 0.3) is 0 Å². The largest absolute Gasteiger partial charge is 0.389 e. The quantitative estimate of drug-likeness (QED) is 0.767. The molecular weight excluding hydrogens is 250 g/mol. The van der Waals surface area contributed by atoms with Gasteiger partial charge in [0, 0.05) is 13.1 Å². The van der Waals surface area contributed by atoms with Gasteiger partial charge in [0.25, 0.3) is 0 Å². The van der Waals surface area contributed by atoms with Crippen LogP contribution in [0, 0.1) is 5.41 Å². The molecule has 0 amide bonds. The van der Waals surface area contributed by atoms with Crippen LogP contribution < -0.4 is 5.32 Å². The molecular formula is C17H27NO2. The van der Waals surface area contributed by atoms with Crippen LogP contribution in [-0.2, 0) is 4.74 Å². The maximum atomic E-state index is 9.95. The lowest BCUT2D eigenvalue weighted by molar-refractivity contribution is -0.00357. The summed E-state index contributed by atoms with van der Waals surface area (Å²) in [6.07, 6.45) is 3.54. The lowest BCUT2D eigenvalue weighted by Crippen LogP contribution is -2.41. The molecule has 3 nitrogen and oxygen atoms in total. The molecule has 1 aliphatic carbocycles. The number of nitrogens with one attached hydrogen (secondary N) is 1. The van der Waals surface area contributed by atoms with Gasteiger partial charge in [0.1, 0.15) is 0 Å². The number of hydrogen-bond donors (Lipinski definition) is 2. The van der Waals surface area contributed by atoms with Crippen molar-refractivity contribution in [3.8, 4) is 0 Å². The number of rotatable bonds is 8. The predicted molar refractivity (Wildman–Crippen MR) is 81.6 cm³/mol. The summed E-state index contributed by atoms with van der Waals surface area (Å²) < 4.78 is 5.72. The van der Waals surface area contributed by atoms with Crippen molar-refractivity contribution in [2.75, 3.05) is 19.7 Å². The van der Waals surface area contributed by atoms with Gasteiger partial charge in [0.2, 0.25) is 0 Å². The van der Waals surface area contributed by atoms with Crippen molar-refractivity contribution in [1.82, 2.24) is 5.32 Å². The Bertz CT molecular complexity index is 389.